The molecule has 1 unspecified atom stereocenters. The molecule has 2 nitrogen and oxygen atoms in total. The highest BCUT2D eigenvalue weighted by Gasteiger charge is 2.14. The summed E-state index contributed by atoms with van der Waals surface area (Å²) >= 11 is 0. The van der Waals surface area contributed by atoms with Crippen molar-refractivity contribution in [2.24, 2.45) is 5.92 Å². The zero-order chi connectivity index (χ0) is 8.97. The number of allylic oxidation sites excluding steroid dienone is 2. The van der Waals surface area contributed by atoms with E-state index in [1.807, 2.05) is 6.92 Å². The van der Waals surface area contributed by atoms with Gasteiger partial charge >= 0.3 is 0 Å². The van der Waals surface area contributed by atoms with Crippen LogP contribution in [0, 0.1) is 5.92 Å². The summed E-state index contributed by atoms with van der Waals surface area (Å²) in [7, 11) is 0. The Hall–Kier alpha value is -0.500. The molecule has 0 N–H and O–H groups in total. The number of ether oxygens (including phenoxy) is 2. The van der Waals surface area contributed by atoms with Gasteiger partial charge in [-0.25, -0.2) is 0 Å². The van der Waals surface area contributed by atoms with Gasteiger partial charge in [0.1, 0.15) is 0 Å². The van der Waals surface area contributed by atoms with E-state index < -0.39 is 0 Å². The molecule has 0 spiro atoms. The lowest BCUT2D eigenvalue weighted by Gasteiger charge is -2.23. The summed E-state index contributed by atoms with van der Waals surface area (Å²) in [6.07, 6.45) is 4.17. The van der Waals surface area contributed by atoms with Gasteiger partial charge in [0.15, 0.2) is 6.29 Å². The molecular weight excluding hydrogens is 152 g/mol. The van der Waals surface area contributed by atoms with Gasteiger partial charge in [-0.1, -0.05) is 13.8 Å². The molecular formula is C10H18O2. The average Bonchev–Trinajstić information content (AvgIpc) is 2.01. The third kappa shape index (κ3) is 3.26. The minimum atomic E-state index is -0.00241. The number of hydrogen-bond donors (Lipinski definition) is 0. The van der Waals surface area contributed by atoms with E-state index in [1.54, 1.807) is 0 Å². The Kier molecular flexibility index (Phi) is 3.60. The first kappa shape index (κ1) is 9.59. The molecule has 1 heterocycles. The quantitative estimate of drug-likeness (QED) is 0.648. The predicted molar refractivity (Wildman–Crippen MR) is 48.7 cm³/mol. The molecule has 1 rings (SSSR count). The monoisotopic (exact) mass is 170 g/mol. The van der Waals surface area contributed by atoms with Crippen LogP contribution in [-0.4, -0.2) is 12.9 Å². The van der Waals surface area contributed by atoms with Crippen LogP contribution in [0.25, 0.3) is 0 Å². The van der Waals surface area contributed by atoms with Crippen LogP contribution in [0.5, 0.6) is 0 Å². The van der Waals surface area contributed by atoms with E-state index in [1.165, 1.54) is 0 Å². The molecule has 0 aromatic heterocycles. The Balaban J connectivity index is 2.21. The van der Waals surface area contributed by atoms with Gasteiger partial charge in [-0.15, -0.1) is 0 Å². The fourth-order valence-corrected chi connectivity index (χ4v) is 1.15. The third-order valence-corrected chi connectivity index (χ3v) is 1.77. The van der Waals surface area contributed by atoms with Crippen LogP contribution in [0.4, 0.5) is 0 Å². The summed E-state index contributed by atoms with van der Waals surface area (Å²) in [5.74, 6) is 1.58. The van der Waals surface area contributed by atoms with Gasteiger partial charge in [-0.3, -0.25) is 0 Å². The summed E-state index contributed by atoms with van der Waals surface area (Å²) < 4.78 is 11.0. The van der Waals surface area contributed by atoms with E-state index in [-0.39, 0.29) is 6.29 Å². The summed E-state index contributed by atoms with van der Waals surface area (Å²) in [5, 5.41) is 0. The van der Waals surface area contributed by atoms with Crippen molar-refractivity contribution in [2.75, 3.05) is 6.61 Å². The molecule has 0 bridgehead atoms. The van der Waals surface area contributed by atoms with E-state index in [4.69, 9.17) is 9.47 Å². The second-order valence-electron chi connectivity index (χ2n) is 3.67. The Morgan fingerprint density at radius 1 is 1.67 bits per heavy atom. The van der Waals surface area contributed by atoms with E-state index in [0.29, 0.717) is 5.92 Å². The molecule has 12 heavy (non-hydrogen) atoms. The first-order valence-corrected chi connectivity index (χ1v) is 4.63. The molecule has 70 valence electrons. The largest absolute Gasteiger partial charge is 0.470 e. The molecule has 1 atom stereocenters. The highest BCUT2D eigenvalue weighted by molar-refractivity contribution is 4.92. The summed E-state index contributed by atoms with van der Waals surface area (Å²) in [6, 6.07) is 0. The molecule has 2 heteroatoms. The lowest BCUT2D eigenvalue weighted by molar-refractivity contribution is -0.131. The molecule has 0 fully saturated rings. The topological polar surface area (TPSA) is 18.5 Å². The fraction of sp³-hybridized carbons (Fsp3) is 0.800. The van der Waals surface area contributed by atoms with Crippen LogP contribution in [0.2, 0.25) is 0 Å². The minimum absolute atomic E-state index is 0.00241. The summed E-state index contributed by atoms with van der Waals surface area (Å²) in [5.41, 5.74) is 0. The normalized spacial score (nSPS) is 23.7. The summed E-state index contributed by atoms with van der Waals surface area (Å²) in [4.78, 5) is 0. The SMILES string of the molecule is CC1=CCCC(OCC(C)C)O1. The first-order valence-electron chi connectivity index (χ1n) is 4.63. The van der Waals surface area contributed by atoms with Crippen molar-refractivity contribution in [2.45, 2.75) is 39.9 Å². The van der Waals surface area contributed by atoms with Crippen LogP contribution in [0.1, 0.15) is 33.6 Å². The molecule has 1 aliphatic rings. The summed E-state index contributed by atoms with van der Waals surface area (Å²) in [6.45, 7) is 7.06. The molecule has 0 aromatic carbocycles. The Labute approximate surface area is 74.6 Å². The van der Waals surface area contributed by atoms with Crippen molar-refractivity contribution in [3.05, 3.63) is 11.8 Å². The lowest BCUT2D eigenvalue weighted by atomic mass is 10.2. The molecule has 0 amide bonds. The van der Waals surface area contributed by atoms with Gasteiger partial charge in [-0.2, -0.15) is 0 Å². The van der Waals surface area contributed by atoms with Crippen molar-refractivity contribution < 1.29 is 9.47 Å². The Morgan fingerprint density at radius 3 is 3.00 bits per heavy atom. The van der Waals surface area contributed by atoms with Gasteiger partial charge in [0, 0.05) is 6.42 Å². The van der Waals surface area contributed by atoms with E-state index >= 15 is 0 Å². The maximum Gasteiger partial charge on any atom is 0.199 e. The molecule has 0 saturated carbocycles. The first-order chi connectivity index (χ1) is 5.68. The van der Waals surface area contributed by atoms with Gasteiger partial charge in [0.05, 0.1) is 12.4 Å². The molecule has 0 aromatic rings. The third-order valence-electron chi connectivity index (χ3n) is 1.77. The van der Waals surface area contributed by atoms with Crippen molar-refractivity contribution in [3.8, 4) is 0 Å². The molecule has 0 saturated heterocycles. The van der Waals surface area contributed by atoms with Crippen LogP contribution in [0.3, 0.4) is 0 Å². The predicted octanol–water partition coefficient (Wildman–Crippen LogP) is 2.70. The highest BCUT2D eigenvalue weighted by atomic mass is 16.7. The second-order valence-corrected chi connectivity index (χ2v) is 3.67. The fourth-order valence-electron chi connectivity index (χ4n) is 1.15. The van der Waals surface area contributed by atoms with Gasteiger partial charge in [0.2, 0.25) is 0 Å². The molecule has 0 radical (unpaired) electrons. The standard InChI is InChI=1S/C10H18O2/c1-8(2)7-11-10-6-4-5-9(3)12-10/h5,8,10H,4,6-7H2,1-3H3. The smallest absolute Gasteiger partial charge is 0.199 e. The highest BCUT2D eigenvalue weighted by Crippen LogP contribution is 2.17. The van der Waals surface area contributed by atoms with Crippen LogP contribution < -0.4 is 0 Å². The van der Waals surface area contributed by atoms with Crippen molar-refractivity contribution >= 4 is 0 Å². The van der Waals surface area contributed by atoms with Crippen molar-refractivity contribution in [3.63, 3.8) is 0 Å². The van der Waals surface area contributed by atoms with Crippen LogP contribution in [0.15, 0.2) is 11.8 Å². The maximum atomic E-state index is 5.55. The van der Waals surface area contributed by atoms with Crippen molar-refractivity contribution in [1.29, 1.82) is 0 Å². The van der Waals surface area contributed by atoms with Gasteiger partial charge < -0.3 is 9.47 Å². The minimum Gasteiger partial charge on any atom is -0.470 e. The maximum absolute atomic E-state index is 5.55. The lowest BCUT2D eigenvalue weighted by Crippen LogP contribution is -2.21. The van der Waals surface area contributed by atoms with Gasteiger partial charge in [0.25, 0.3) is 0 Å². The van der Waals surface area contributed by atoms with Crippen LogP contribution in [-0.2, 0) is 9.47 Å². The number of rotatable bonds is 3. The molecule has 0 aliphatic carbocycles. The Bertz CT molecular complexity index is 161. The van der Waals surface area contributed by atoms with E-state index in [2.05, 4.69) is 19.9 Å². The Morgan fingerprint density at radius 2 is 2.42 bits per heavy atom. The number of hydrogen-bond acceptors (Lipinski definition) is 2. The zero-order valence-electron chi connectivity index (χ0n) is 8.17. The molecule has 1 aliphatic heterocycles. The second kappa shape index (κ2) is 4.51. The van der Waals surface area contributed by atoms with E-state index in [9.17, 15) is 0 Å². The average molecular weight is 170 g/mol. The van der Waals surface area contributed by atoms with Crippen LogP contribution >= 0.6 is 0 Å². The van der Waals surface area contributed by atoms with Crippen molar-refractivity contribution in [1.82, 2.24) is 0 Å². The zero-order valence-corrected chi connectivity index (χ0v) is 8.17. The van der Waals surface area contributed by atoms with Gasteiger partial charge in [-0.05, 0) is 25.3 Å². The van der Waals surface area contributed by atoms with E-state index in [0.717, 1.165) is 25.2 Å².